The number of aromatic nitrogens is 3. The Kier molecular flexibility index (Phi) is 5.84. The minimum Gasteiger partial charge on any atom is -0.321 e. The fraction of sp³-hybridized carbons (Fsp3) is 0.130. The number of amides is 1. The van der Waals surface area contributed by atoms with Crippen molar-refractivity contribution in [2.45, 2.75) is 20.8 Å². The van der Waals surface area contributed by atoms with Crippen LogP contribution in [0.5, 0.6) is 0 Å². The molecule has 158 valence electrons. The van der Waals surface area contributed by atoms with Crippen LogP contribution in [0.25, 0.3) is 11.5 Å². The molecule has 0 aliphatic carbocycles. The molecule has 0 saturated carbocycles. The Bertz CT molecular complexity index is 1270. The maximum atomic E-state index is 13.1. The lowest BCUT2D eigenvalue weighted by atomic mass is 10.2. The summed E-state index contributed by atoms with van der Waals surface area (Å²) in [7, 11) is 0. The zero-order chi connectivity index (χ0) is 22.3. The highest BCUT2D eigenvalue weighted by molar-refractivity contribution is 6.35. The molecule has 2 aromatic carbocycles. The zero-order valence-electron chi connectivity index (χ0n) is 17.1. The number of nitrogens with zero attached hydrogens (tertiary/aromatic N) is 3. The third-order valence-electron chi connectivity index (χ3n) is 5.03. The van der Waals surface area contributed by atoms with Crippen molar-refractivity contribution in [3.05, 3.63) is 92.3 Å². The number of rotatable bonds is 4. The van der Waals surface area contributed by atoms with E-state index in [1.54, 1.807) is 47.1 Å². The van der Waals surface area contributed by atoms with Crippen LogP contribution in [0.3, 0.4) is 0 Å². The summed E-state index contributed by atoms with van der Waals surface area (Å²) in [5.74, 6) is 0.415. The van der Waals surface area contributed by atoms with Gasteiger partial charge in [-0.3, -0.25) is 4.79 Å². The second-order valence-electron chi connectivity index (χ2n) is 7.22. The zero-order valence-corrected chi connectivity index (χ0v) is 19.3. The summed E-state index contributed by atoms with van der Waals surface area (Å²) in [6.45, 7) is 5.87. The van der Waals surface area contributed by atoms with Gasteiger partial charge in [-0.05, 0) is 75.4 Å². The van der Waals surface area contributed by atoms with Gasteiger partial charge >= 0.3 is 0 Å². The number of hydrogen-bond donors (Lipinski definition) is 1. The summed E-state index contributed by atoms with van der Waals surface area (Å²) < 4.78 is 3.73. The van der Waals surface area contributed by atoms with Gasteiger partial charge in [0.05, 0.1) is 10.7 Å². The van der Waals surface area contributed by atoms with Gasteiger partial charge in [0.1, 0.15) is 5.82 Å². The van der Waals surface area contributed by atoms with Gasteiger partial charge in [-0.25, -0.2) is 4.68 Å². The molecule has 4 aromatic rings. The van der Waals surface area contributed by atoms with E-state index in [1.807, 2.05) is 37.5 Å². The lowest BCUT2D eigenvalue weighted by Crippen LogP contribution is -2.14. The highest BCUT2D eigenvalue weighted by atomic mass is 35.5. The van der Waals surface area contributed by atoms with Crippen LogP contribution in [-0.4, -0.2) is 20.3 Å². The smallest absolute Gasteiger partial charge is 0.276 e. The Morgan fingerprint density at radius 3 is 2.10 bits per heavy atom. The van der Waals surface area contributed by atoms with Crippen LogP contribution < -0.4 is 5.32 Å². The highest BCUT2D eigenvalue weighted by Crippen LogP contribution is 2.31. The van der Waals surface area contributed by atoms with Crippen molar-refractivity contribution in [1.29, 1.82) is 0 Å². The van der Waals surface area contributed by atoms with E-state index in [9.17, 15) is 4.79 Å². The lowest BCUT2D eigenvalue weighted by molar-refractivity contribution is 0.102. The maximum Gasteiger partial charge on any atom is 0.276 e. The summed E-state index contributed by atoms with van der Waals surface area (Å²) >= 11 is 18.5. The van der Waals surface area contributed by atoms with Crippen molar-refractivity contribution < 1.29 is 4.79 Å². The van der Waals surface area contributed by atoms with E-state index in [0.717, 1.165) is 22.8 Å². The van der Waals surface area contributed by atoms with Crippen molar-refractivity contribution in [2.24, 2.45) is 0 Å². The van der Waals surface area contributed by atoms with Gasteiger partial charge in [0.15, 0.2) is 5.69 Å². The molecular weight excluding hydrogens is 455 g/mol. The van der Waals surface area contributed by atoms with E-state index >= 15 is 0 Å². The molecule has 0 bridgehead atoms. The molecule has 5 nitrogen and oxygen atoms in total. The van der Waals surface area contributed by atoms with Gasteiger partial charge in [-0.15, -0.1) is 0 Å². The first-order valence-corrected chi connectivity index (χ1v) is 10.7. The Labute approximate surface area is 195 Å². The first-order valence-electron chi connectivity index (χ1n) is 9.53. The predicted molar refractivity (Wildman–Crippen MR) is 127 cm³/mol. The summed E-state index contributed by atoms with van der Waals surface area (Å²) in [4.78, 5) is 13.1. The van der Waals surface area contributed by atoms with Crippen molar-refractivity contribution in [3.63, 3.8) is 0 Å². The molecule has 2 heterocycles. The van der Waals surface area contributed by atoms with Crippen LogP contribution in [-0.2, 0) is 0 Å². The van der Waals surface area contributed by atoms with E-state index in [1.165, 1.54) is 0 Å². The van der Waals surface area contributed by atoms with Crippen LogP contribution in [0.15, 0.2) is 54.6 Å². The van der Waals surface area contributed by atoms with E-state index in [-0.39, 0.29) is 5.91 Å². The van der Waals surface area contributed by atoms with Crippen LogP contribution in [0, 0.1) is 20.8 Å². The van der Waals surface area contributed by atoms with Crippen molar-refractivity contribution in [2.75, 3.05) is 5.32 Å². The summed E-state index contributed by atoms with van der Waals surface area (Å²) in [5.41, 5.74) is 4.29. The Morgan fingerprint density at radius 2 is 1.48 bits per heavy atom. The third-order valence-corrected chi connectivity index (χ3v) is 5.82. The van der Waals surface area contributed by atoms with E-state index in [4.69, 9.17) is 34.8 Å². The number of carbonyl (C=O) groups is 1. The second-order valence-corrected chi connectivity index (χ2v) is 8.50. The number of nitrogens with one attached hydrogen (secondary N) is 1. The first-order chi connectivity index (χ1) is 14.8. The quantitative estimate of drug-likeness (QED) is 0.354. The van der Waals surface area contributed by atoms with Crippen LogP contribution in [0.4, 0.5) is 5.69 Å². The first kappa shape index (κ1) is 21.5. The Hall–Kier alpha value is -2.73. The second kappa shape index (κ2) is 8.42. The SMILES string of the molecule is Cc1c(C(=O)Nc2ccc(Cl)cc2)nn(-c2ccc(Cl)cc2Cl)c1-n1c(C)ccc1C. The fourth-order valence-corrected chi connectivity index (χ4v) is 4.13. The molecule has 0 atom stereocenters. The molecule has 0 unspecified atom stereocenters. The van der Waals surface area contributed by atoms with Crippen molar-refractivity contribution in [1.82, 2.24) is 14.3 Å². The molecule has 4 rings (SSSR count). The monoisotopic (exact) mass is 472 g/mol. The van der Waals surface area contributed by atoms with Crippen molar-refractivity contribution in [3.8, 4) is 11.5 Å². The van der Waals surface area contributed by atoms with Crippen molar-refractivity contribution >= 4 is 46.4 Å². The van der Waals surface area contributed by atoms with Crippen LogP contribution in [0.2, 0.25) is 15.1 Å². The fourth-order valence-electron chi connectivity index (χ4n) is 3.51. The van der Waals surface area contributed by atoms with Gasteiger partial charge in [-0.2, -0.15) is 5.10 Å². The minimum atomic E-state index is -0.327. The van der Waals surface area contributed by atoms with Gasteiger partial charge < -0.3 is 9.88 Å². The molecule has 0 aliphatic heterocycles. The summed E-state index contributed by atoms with van der Waals surface area (Å²) in [6.07, 6.45) is 0. The molecule has 1 amide bonds. The number of hydrogen-bond acceptors (Lipinski definition) is 2. The van der Waals surface area contributed by atoms with Gasteiger partial charge in [0, 0.05) is 32.7 Å². The lowest BCUT2D eigenvalue weighted by Gasteiger charge is -2.14. The Morgan fingerprint density at radius 1 is 0.871 bits per heavy atom. The normalized spacial score (nSPS) is 11.0. The summed E-state index contributed by atoms with van der Waals surface area (Å²) in [5, 5.41) is 9.08. The van der Waals surface area contributed by atoms with Gasteiger partial charge in [0.2, 0.25) is 0 Å². The summed E-state index contributed by atoms with van der Waals surface area (Å²) in [6, 6.07) is 16.1. The maximum absolute atomic E-state index is 13.1. The number of carbonyl (C=O) groups excluding carboxylic acids is 1. The largest absolute Gasteiger partial charge is 0.321 e. The molecule has 8 heteroatoms. The average molecular weight is 474 g/mol. The molecule has 0 radical (unpaired) electrons. The highest BCUT2D eigenvalue weighted by Gasteiger charge is 2.24. The molecule has 31 heavy (non-hydrogen) atoms. The predicted octanol–water partition coefficient (Wildman–Crippen LogP) is 6.80. The van der Waals surface area contributed by atoms with E-state index < -0.39 is 0 Å². The molecule has 0 fully saturated rings. The molecule has 1 N–H and O–H groups in total. The molecule has 0 spiro atoms. The molecule has 0 saturated heterocycles. The van der Waals surface area contributed by atoms with Gasteiger partial charge in [-0.1, -0.05) is 34.8 Å². The number of anilines is 1. The van der Waals surface area contributed by atoms with E-state index in [0.29, 0.717) is 32.1 Å². The van der Waals surface area contributed by atoms with Crippen LogP contribution in [0.1, 0.15) is 27.4 Å². The topological polar surface area (TPSA) is 51.9 Å². The number of halogens is 3. The molecular formula is C23H19Cl3N4O. The standard InChI is InChI=1S/C23H19Cl3N4O/c1-13-4-5-14(2)29(13)23-15(3)21(22(31)27-18-9-6-16(24)7-10-18)28-30(23)20-11-8-17(25)12-19(20)26/h4-12H,1-3H3,(H,27,31). The minimum absolute atomic E-state index is 0.295. The average Bonchev–Trinajstić information content (AvgIpc) is 3.22. The van der Waals surface area contributed by atoms with Crippen LogP contribution >= 0.6 is 34.8 Å². The number of aryl methyl sites for hydroxylation is 2. The molecule has 0 aliphatic rings. The Balaban J connectivity index is 1.88. The number of benzene rings is 2. The van der Waals surface area contributed by atoms with E-state index in [2.05, 4.69) is 10.4 Å². The van der Waals surface area contributed by atoms with Gasteiger partial charge in [0.25, 0.3) is 5.91 Å². The molecule has 2 aromatic heterocycles. The third kappa shape index (κ3) is 4.09.